The second-order valence-corrected chi connectivity index (χ2v) is 13.1. The molecule has 0 radical (unpaired) electrons. The minimum Gasteiger partial charge on any atom is -0.477 e. The van der Waals surface area contributed by atoms with Crippen LogP contribution in [0.2, 0.25) is 0 Å². The fraction of sp³-hybridized carbons (Fsp3) is 0.323. The van der Waals surface area contributed by atoms with Crippen molar-refractivity contribution >= 4 is 32.4 Å². The zero-order chi connectivity index (χ0) is 33.9. The Morgan fingerprint density at radius 2 is 1.61 bits per heavy atom. The molecule has 0 aliphatic heterocycles. The van der Waals surface area contributed by atoms with Crippen molar-refractivity contribution in [1.29, 1.82) is 0 Å². The summed E-state index contributed by atoms with van der Waals surface area (Å²) in [4.78, 5) is 12.1. The molecule has 4 aromatic rings. The number of halogens is 6. The normalized spacial score (nSPS) is 13.9. The quantitative estimate of drug-likeness (QED) is 0.129. The molecule has 0 fully saturated rings. The number of fused-ring (bicyclic) bond motifs is 1. The number of nitrogens with one attached hydrogen (secondary N) is 2. The molecule has 46 heavy (non-hydrogen) atoms. The van der Waals surface area contributed by atoms with Crippen LogP contribution in [-0.4, -0.2) is 59.6 Å². The molecule has 0 bridgehead atoms. The van der Waals surface area contributed by atoms with Crippen LogP contribution in [0, 0.1) is 0 Å². The van der Waals surface area contributed by atoms with Gasteiger partial charge in [0.1, 0.15) is 17.3 Å². The molecule has 2 unspecified atom stereocenters. The van der Waals surface area contributed by atoms with Gasteiger partial charge in [0.05, 0.1) is 11.7 Å². The molecule has 1 aromatic heterocycles. The Morgan fingerprint density at radius 1 is 0.935 bits per heavy atom. The van der Waals surface area contributed by atoms with Crippen LogP contribution in [0.1, 0.15) is 45.8 Å². The summed E-state index contributed by atoms with van der Waals surface area (Å²) in [7, 11) is -4.42. The van der Waals surface area contributed by atoms with E-state index in [1.54, 1.807) is 22.8 Å². The van der Waals surface area contributed by atoms with Crippen molar-refractivity contribution in [2.45, 2.75) is 44.4 Å². The van der Waals surface area contributed by atoms with Crippen LogP contribution < -0.4 is 10.6 Å². The molecule has 15 heteroatoms. The first-order chi connectivity index (χ1) is 21.4. The Hall–Kier alpha value is -4.08. The highest BCUT2D eigenvalue weighted by atomic mass is 32.2. The number of carboxylic acid groups (broad SMARTS) is 1. The van der Waals surface area contributed by atoms with Crippen LogP contribution in [0.4, 0.5) is 32.0 Å². The predicted octanol–water partition coefficient (Wildman–Crippen LogP) is 6.01. The van der Waals surface area contributed by atoms with Gasteiger partial charge < -0.3 is 25.4 Å². The summed E-state index contributed by atoms with van der Waals surface area (Å²) >= 11 is 0. The van der Waals surface area contributed by atoms with Crippen LogP contribution in [0.5, 0.6) is 0 Å². The van der Waals surface area contributed by atoms with Crippen molar-refractivity contribution in [3.05, 3.63) is 101 Å². The summed E-state index contributed by atoms with van der Waals surface area (Å²) in [6.45, 7) is 2.01. The Bertz CT molecular complexity index is 1790. The van der Waals surface area contributed by atoms with Crippen molar-refractivity contribution in [3.63, 3.8) is 0 Å². The first-order valence-electron chi connectivity index (χ1n) is 13.9. The molecule has 0 saturated heterocycles. The van der Waals surface area contributed by atoms with Gasteiger partial charge in [-0.25, -0.2) is 13.2 Å². The summed E-state index contributed by atoms with van der Waals surface area (Å²) in [6.07, 6.45) is -10.0. The first-order valence-corrected chi connectivity index (χ1v) is 15.8. The number of anilines is 1. The maximum atomic E-state index is 13.0. The van der Waals surface area contributed by atoms with Gasteiger partial charge in [-0.1, -0.05) is 30.3 Å². The zero-order valence-corrected chi connectivity index (χ0v) is 25.2. The Kier molecular flexibility index (Phi) is 10.4. The Balaban J connectivity index is 1.41. The number of aliphatic hydroxyl groups excluding tert-OH is 1. The maximum absolute atomic E-state index is 13.0. The van der Waals surface area contributed by atoms with Crippen LogP contribution >= 0.6 is 0 Å². The topological polar surface area (TPSA) is 121 Å². The van der Waals surface area contributed by atoms with Gasteiger partial charge >= 0.3 is 18.3 Å². The van der Waals surface area contributed by atoms with Gasteiger partial charge in [-0.15, -0.1) is 0 Å². The zero-order valence-electron chi connectivity index (χ0n) is 24.4. The molecule has 4 N–H and O–H groups in total. The molecule has 0 saturated carbocycles. The number of alkyl halides is 6. The molecule has 2 atom stereocenters. The average Bonchev–Trinajstić information content (AvgIpc) is 3.31. The molecule has 8 nitrogen and oxygen atoms in total. The van der Waals surface area contributed by atoms with Gasteiger partial charge in [-0.2, -0.15) is 26.3 Å². The van der Waals surface area contributed by atoms with Crippen LogP contribution in [0.25, 0.3) is 10.9 Å². The van der Waals surface area contributed by atoms with Crippen molar-refractivity contribution in [1.82, 2.24) is 9.88 Å². The number of rotatable bonds is 13. The van der Waals surface area contributed by atoms with E-state index in [9.17, 15) is 49.8 Å². The molecule has 4 rings (SSSR count). The fourth-order valence-electron chi connectivity index (χ4n) is 4.98. The van der Waals surface area contributed by atoms with E-state index in [-0.39, 0.29) is 36.1 Å². The van der Waals surface area contributed by atoms with Gasteiger partial charge in [0.25, 0.3) is 0 Å². The van der Waals surface area contributed by atoms with Crippen molar-refractivity contribution in [2.24, 2.45) is 0 Å². The third kappa shape index (κ3) is 9.47. The number of carboxylic acids is 1. The summed E-state index contributed by atoms with van der Waals surface area (Å²) in [5.74, 6) is -4.00. The molecular weight excluding hydrogens is 640 g/mol. The molecule has 248 valence electrons. The smallest absolute Gasteiger partial charge is 0.416 e. The van der Waals surface area contributed by atoms with Crippen molar-refractivity contribution < 1.29 is 49.8 Å². The average molecular weight is 672 g/mol. The fourth-order valence-corrected chi connectivity index (χ4v) is 5.97. The molecule has 0 aliphatic carbocycles. The van der Waals surface area contributed by atoms with Gasteiger partial charge in [0.15, 0.2) is 9.84 Å². The maximum Gasteiger partial charge on any atom is 0.416 e. The van der Waals surface area contributed by atoms with Crippen molar-refractivity contribution in [3.8, 4) is 0 Å². The highest BCUT2D eigenvalue weighted by Crippen LogP contribution is 2.31. The van der Waals surface area contributed by atoms with Crippen LogP contribution in [0.15, 0.2) is 72.8 Å². The number of sulfone groups is 1. The van der Waals surface area contributed by atoms with Crippen LogP contribution in [-0.2, 0) is 29.0 Å². The number of carbonyl (C=O) groups is 1. The molecule has 1 heterocycles. The molecule has 0 amide bonds. The summed E-state index contributed by atoms with van der Waals surface area (Å²) in [6, 6.07) is 17.4. The van der Waals surface area contributed by atoms with Crippen LogP contribution in [0.3, 0.4) is 0 Å². The Morgan fingerprint density at radius 3 is 2.24 bits per heavy atom. The highest BCUT2D eigenvalue weighted by molar-refractivity contribution is 7.91. The second kappa shape index (κ2) is 13.7. The lowest BCUT2D eigenvalue weighted by atomic mass is 10.0. The van der Waals surface area contributed by atoms with Gasteiger partial charge in [0, 0.05) is 35.7 Å². The lowest BCUT2D eigenvalue weighted by Crippen LogP contribution is -2.32. The Labute approximate surface area is 260 Å². The predicted molar refractivity (Wildman–Crippen MR) is 160 cm³/mol. The highest BCUT2D eigenvalue weighted by Gasteiger charge is 2.35. The molecule has 3 aromatic carbocycles. The third-order valence-electron chi connectivity index (χ3n) is 7.16. The first kappa shape index (κ1) is 34.8. The van der Waals surface area contributed by atoms with E-state index in [4.69, 9.17) is 0 Å². The standard InChI is InChI=1S/C31H31F6N3O5S/c1-19(38-15-28(41)22-3-2-4-24(13-22)31(35,36)37)11-21-7-10-26-23(12-21)14-27(29(42)43)40(26)16-20-5-8-25(9-6-20)39-18-46(44,45)17-30(32,33)34/h2-10,12-14,19,28,38-39,41H,11,15-18H2,1H3,(H,42,43). The van der Waals surface area contributed by atoms with E-state index in [0.29, 0.717) is 22.9 Å². The second-order valence-electron chi connectivity index (χ2n) is 11.0. The number of hydrogen-bond donors (Lipinski definition) is 4. The number of nitrogens with zero attached hydrogens (tertiary/aromatic N) is 1. The van der Waals surface area contributed by atoms with Gasteiger partial charge in [-0.3, -0.25) is 0 Å². The third-order valence-corrected chi connectivity index (χ3v) is 8.51. The van der Waals surface area contributed by atoms with E-state index in [0.717, 1.165) is 17.7 Å². The van der Waals surface area contributed by atoms with Gasteiger partial charge in [0.2, 0.25) is 0 Å². The lowest BCUT2D eigenvalue weighted by molar-refractivity contribution is -0.137. The number of hydrogen-bond acceptors (Lipinski definition) is 6. The molecular formula is C31H31F6N3O5S. The van der Waals surface area contributed by atoms with E-state index in [1.165, 1.54) is 30.3 Å². The van der Waals surface area contributed by atoms with Crippen molar-refractivity contribution in [2.75, 3.05) is 23.5 Å². The SMILES string of the molecule is CC(Cc1ccc2c(c1)cc(C(=O)O)n2Cc1ccc(NCS(=O)(=O)CC(F)(F)F)cc1)NCC(O)c1cccc(C(F)(F)F)c1. The van der Waals surface area contributed by atoms with E-state index >= 15 is 0 Å². The van der Waals surface area contributed by atoms with E-state index in [2.05, 4.69) is 10.6 Å². The van der Waals surface area contributed by atoms with E-state index in [1.807, 2.05) is 19.1 Å². The number of aliphatic hydroxyl groups is 1. The lowest BCUT2D eigenvalue weighted by Gasteiger charge is -2.18. The number of aromatic nitrogens is 1. The largest absolute Gasteiger partial charge is 0.477 e. The number of aromatic carboxylic acids is 1. The molecule has 0 spiro atoms. The summed E-state index contributed by atoms with van der Waals surface area (Å²) in [5, 5.41) is 26.5. The summed E-state index contributed by atoms with van der Waals surface area (Å²) in [5.41, 5.74) is 1.72. The minimum absolute atomic E-state index is 0.0158. The van der Waals surface area contributed by atoms with Gasteiger partial charge in [-0.05, 0) is 72.5 Å². The minimum atomic E-state index is -4.84. The summed E-state index contributed by atoms with van der Waals surface area (Å²) < 4.78 is 101. The monoisotopic (exact) mass is 671 g/mol. The number of benzene rings is 3. The molecule has 0 aliphatic rings. The van der Waals surface area contributed by atoms with E-state index < -0.39 is 51.5 Å².